The number of aliphatic hydroxyl groups excluding tert-OH is 1. The third-order valence-electron chi connectivity index (χ3n) is 9.03. The van der Waals surface area contributed by atoms with E-state index in [4.69, 9.17) is 4.74 Å². The molecular formula is C40H78O3. The summed E-state index contributed by atoms with van der Waals surface area (Å²) < 4.78 is 5.44. The van der Waals surface area contributed by atoms with Crippen molar-refractivity contribution < 1.29 is 14.6 Å². The first-order valence-electron chi connectivity index (χ1n) is 19.5. The smallest absolute Gasteiger partial charge is 0.333 e. The molecule has 3 nitrogen and oxygen atoms in total. The predicted octanol–water partition coefficient (Wildman–Crippen LogP) is 13.2. The normalized spacial score (nSPS) is 12.7. The van der Waals surface area contributed by atoms with E-state index in [1.54, 1.807) is 13.0 Å². The van der Waals surface area contributed by atoms with E-state index in [1.807, 2.05) is 0 Å². The highest BCUT2D eigenvalue weighted by molar-refractivity contribution is 5.87. The summed E-state index contributed by atoms with van der Waals surface area (Å²) in [5, 5.41) is 10.3. The van der Waals surface area contributed by atoms with Crippen molar-refractivity contribution in [3.8, 4) is 0 Å². The number of esters is 1. The van der Waals surface area contributed by atoms with E-state index in [-0.39, 0.29) is 5.97 Å². The average Bonchev–Trinajstić information content (AvgIpc) is 2.98. The molecule has 3 heteroatoms. The molecule has 1 atom stereocenters. The first-order valence-corrected chi connectivity index (χ1v) is 19.5. The second-order valence-corrected chi connectivity index (χ2v) is 14.1. The number of ether oxygens (including phenoxy) is 1. The lowest BCUT2D eigenvalue weighted by molar-refractivity contribution is -0.139. The quantitative estimate of drug-likeness (QED) is 0.0450. The van der Waals surface area contributed by atoms with Crippen molar-refractivity contribution in [2.45, 2.75) is 226 Å². The molecule has 0 aromatic rings. The van der Waals surface area contributed by atoms with Crippen molar-refractivity contribution in [1.82, 2.24) is 0 Å². The van der Waals surface area contributed by atoms with Gasteiger partial charge in [-0.3, -0.25) is 0 Å². The summed E-state index contributed by atoms with van der Waals surface area (Å²) in [5.74, 6) is 0.589. The molecule has 0 amide bonds. The number of hydrogen-bond acceptors (Lipinski definition) is 3. The van der Waals surface area contributed by atoms with Gasteiger partial charge in [0.2, 0.25) is 0 Å². The zero-order valence-electron chi connectivity index (χ0n) is 29.9. The second-order valence-electron chi connectivity index (χ2n) is 14.1. The van der Waals surface area contributed by atoms with Gasteiger partial charge in [0, 0.05) is 5.57 Å². The Labute approximate surface area is 270 Å². The lowest BCUT2D eigenvalue weighted by Crippen LogP contribution is -2.11. The Hall–Kier alpha value is -0.830. The summed E-state index contributed by atoms with van der Waals surface area (Å²) in [4.78, 5) is 12.3. The van der Waals surface area contributed by atoms with Crippen LogP contribution in [0.2, 0.25) is 0 Å². The number of aliphatic hydroxyl groups is 1. The standard InChI is InChI=1S/C40H78O3/c1-5-6-7-8-9-10-11-12-13-14-17-20-23-26-29-32-35-43-40(42)38(4)36-39(41)34-31-28-25-22-19-16-15-18-21-24-27-30-33-37(2)3/h36-37,39,41H,5-35H2,1-4H3. The van der Waals surface area contributed by atoms with E-state index in [0.29, 0.717) is 12.2 Å². The molecule has 256 valence electrons. The summed E-state index contributed by atoms with van der Waals surface area (Å²) in [5.41, 5.74) is 0.545. The van der Waals surface area contributed by atoms with E-state index < -0.39 is 6.10 Å². The molecule has 0 aliphatic carbocycles. The van der Waals surface area contributed by atoms with Gasteiger partial charge in [-0.15, -0.1) is 0 Å². The molecular weight excluding hydrogens is 528 g/mol. The second kappa shape index (κ2) is 34.1. The Morgan fingerprint density at radius 1 is 0.535 bits per heavy atom. The Morgan fingerprint density at radius 2 is 0.860 bits per heavy atom. The SMILES string of the molecule is CCCCCCCCCCCCCCCCCCOC(=O)C(C)=CC(O)CCCCCCCCCCCCCCC(C)C. The molecule has 1 unspecified atom stereocenters. The van der Waals surface area contributed by atoms with E-state index in [2.05, 4.69) is 20.8 Å². The van der Waals surface area contributed by atoms with Crippen LogP contribution in [-0.4, -0.2) is 23.8 Å². The van der Waals surface area contributed by atoms with Gasteiger partial charge in [-0.2, -0.15) is 0 Å². The predicted molar refractivity (Wildman–Crippen MR) is 190 cm³/mol. The fraction of sp³-hybridized carbons (Fsp3) is 0.925. The summed E-state index contributed by atoms with van der Waals surface area (Å²) in [6.07, 6.45) is 40.7. The van der Waals surface area contributed by atoms with Gasteiger partial charge in [-0.25, -0.2) is 4.79 Å². The summed E-state index contributed by atoms with van der Waals surface area (Å²) in [6.45, 7) is 9.19. The third kappa shape index (κ3) is 33.9. The molecule has 0 aliphatic rings. The van der Waals surface area contributed by atoms with Crippen molar-refractivity contribution >= 4 is 5.97 Å². The minimum atomic E-state index is -0.538. The van der Waals surface area contributed by atoms with Crippen LogP contribution in [0.4, 0.5) is 0 Å². The summed E-state index contributed by atoms with van der Waals surface area (Å²) in [7, 11) is 0. The zero-order valence-corrected chi connectivity index (χ0v) is 29.9. The summed E-state index contributed by atoms with van der Waals surface area (Å²) >= 11 is 0. The molecule has 0 spiro atoms. The van der Waals surface area contributed by atoms with Gasteiger partial charge in [0.15, 0.2) is 0 Å². The molecule has 0 saturated heterocycles. The first kappa shape index (κ1) is 42.2. The molecule has 0 aromatic carbocycles. The van der Waals surface area contributed by atoms with Crippen molar-refractivity contribution in [3.05, 3.63) is 11.6 Å². The largest absolute Gasteiger partial charge is 0.462 e. The van der Waals surface area contributed by atoms with E-state index in [1.165, 1.54) is 167 Å². The van der Waals surface area contributed by atoms with Gasteiger partial charge in [-0.1, -0.05) is 201 Å². The monoisotopic (exact) mass is 607 g/mol. The van der Waals surface area contributed by atoms with Gasteiger partial charge < -0.3 is 9.84 Å². The van der Waals surface area contributed by atoms with Gasteiger partial charge in [0.05, 0.1) is 12.7 Å². The topological polar surface area (TPSA) is 46.5 Å². The van der Waals surface area contributed by atoms with Crippen LogP contribution in [0.15, 0.2) is 11.6 Å². The average molecular weight is 607 g/mol. The highest BCUT2D eigenvalue weighted by Crippen LogP contribution is 2.16. The van der Waals surface area contributed by atoms with Gasteiger partial charge in [0.1, 0.15) is 0 Å². The molecule has 1 N–H and O–H groups in total. The molecule has 0 radical (unpaired) electrons. The maximum absolute atomic E-state index is 12.3. The molecule has 0 heterocycles. The van der Waals surface area contributed by atoms with E-state index in [0.717, 1.165) is 31.6 Å². The van der Waals surface area contributed by atoms with Crippen LogP contribution in [0.5, 0.6) is 0 Å². The van der Waals surface area contributed by atoms with Crippen LogP contribution < -0.4 is 0 Å². The molecule has 0 saturated carbocycles. The van der Waals surface area contributed by atoms with Crippen molar-refractivity contribution in [1.29, 1.82) is 0 Å². The Balaban J connectivity index is 3.46. The highest BCUT2D eigenvalue weighted by atomic mass is 16.5. The van der Waals surface area contributed by atoms with Crippen LogP contribution >= 0.6 is 0 Å². The maximum atomic E-state index is 12.3. The molecule has 43 heavy (non-hydrogen) atoms. The zero-order chi connectivity index (χ0) is 31.6. The lowest BCUT2D eigenvalue weighted by Gasteiger charge is -2.09. The Bertz CT molecular complexity index is 597. The molecule has 0 aromatic heterocycles. The van der Waals surface area contributed by atoms with Crippen molar-refractivity contribution in [3.63, 3.8) is 0 Å². The number of carbonyl (C=O) groups excluding carboxylic acids is 1. The van der Waals surface area contributed by atoms with Gasteiger partial charge >= 0.3 is 5.97 Å². The van der Waals surface area contributed by atoms with Crippen LogP contribution in [0.25, 0.3) is 0 Å². The van der Waals surface area contributed by atoms with E-state index in [9.17, 15) is 9.90 Å². The highest BCUT2D eigenvalue weighted by Gasteiger charge is 2.09. The minimum Gasteiger partial charge on any atom is -0.462 e. The van der Waals surface area contributed by atoms with Crippen LogP contribution in [-0.2, 0) is 9.53 Å². The van der Waals surface area contributed by atoms with E-state index >= 15 is 0 Å². The maximum Gasteiger partial charge on any atom is 0.333 e. The lowest BCUT2D eigenvalue weighted by atomic mass is 10.0. The number of hydrogen-bond donors (Lipinski definition) is 1. The summed E-state index contributed by atoms with van der Waals surface area (Å²) in [6, 6.07) is 0. The van der Waals surface area contributed by atoms with Crippen LogP contribution in [0.1, 0.15) is 220 Å². The molecule has 0 bridgehead atoms. The molecule has 0 fully saturated rings. The van der Waals surface area contributed by atoms with Crippen molar-refractivity contribution in [2.75, 3.05) is 6.61 Å². The van der Waals surface area contributed by atoms with Crippen LogP contribution in [0.3, 0.4) is 0 Å². The van der Waals surface area contributed by atoms with Crippen molar-refractivity contribution in [2.24, 2.45) is 5.92 Å². The fourth-order valence-electron chi connectivity index (χ4n) is 6.04. The third-order valence-corrected chi connectivity index (χ3v) is 9.03. The molecule has 0 aliphatic heterocycles. The molecule has 0 rings (SSSR count). The number of unbranched alkanes of at least 4 members (excludes halogenated alkanes) is 26. The van der Waals surface area contributed by atoms with Gasteiger partial charge in [0.25, 0.3) is 0 Å². The Morgan fingerprint density at radius 3 is 1.23 bits per heavy atom. The first-order chi connectivity index (χ1) is 21.0. The fourth-order valence-corrected chi connectivity index (χ4v) is 6.04. The Kier molecular flexibility index (Phi) is 33.4. The number of rotatable bonds is 34. The minimum absolute atomic E-state index is 0.268. The van der Waals surface area contributed by atoms with Crippen LogP contribution in [0, 0.1) is 5.92 Å². The van der Waals surface area contributed by atoms with Gasteiger partial charge in [-0.05, 0) is 31.8 Å². The number of carbonyl (C=O) groups is 1.